The molecule has 0 saturated carbocycles. The Morgan fingerprint density at radius 3 is 3.00 bits per heavy atom. The fraction of sp³-hybridized carbons (Fsp3) is 0.533. The van der Waals surface area contributed by atoms with E-state index >= 15 is 0 Å². The van der Waals surface area contributed by atoms with Gasteiger partial charge < -0.3 is 4.90 Å². The van der Waals surface area contributed by atoms with Crippen molar-refractivity contribution < 1.29 is 4.79 Å². The number of carbonyl (C=O) groups is 1. The summed E-state index contributed by atoms with van der Waals surface area (Å²) < 4.78 is 0. The smallest absolute Gasteiger partial charge is 0.265 e. The number of carbonyl (C=O) groups excluding carboxylic acids is 1. The maximum absolute atomic E-state index is 11.6. The average molecular weight is 276 g/mol. The third kappa shape index (κ3) is 3.79. The van der Waals surface area contributed by atoms with Gasteiger partial charge in [-0.3, -0.25) is 15.1 Å². The van der Waals surface area contributed by atoms with Crippen LogP contribution >= 0.6 is 0 Å². The van der Waals surface area contributed by atoms with E-state index in [0.29, 0.717) is 11.6 Å². The summed E-state index contributed by atoms with van der Waals surface area (Å²) in [5.41, 5.74) is 3.95. The highest BCUT2D eigenvalue weighted by atomic mass is 16.2. The van der Waals surface area contributed by atoms with Crippen molar-refractivity contribution in [1.82, 2.24) is 15.2 Å². The van der Waals surface area contributed by atoms with E-state index < -0.39 is 0 Å². The topological polar surface area (TPSA) is 61.6 Å². The Morgan fingerprint density at radius 1 is 1.45 bits per heavy atom. The molecule has 1 aliphatic rings. The SMILES string of the molecule is CC1CN(C)CCCN1Cc1cccc(C(=O)NN)c1. The van der Waals surface area contributed by atoms with Crippen molar-refractivity contribution in [3.05, 3.63) is 35.4 Å². The van der Waals surface area contributed by atoms with Gasteiger partial charge in [0.15, 0.2) is 0 Å². The van der Waals surface area contributed by atoms with Gasteiger partial charge >= 0.3 is 0 Å². The van der Waals surface area contributed by atoms with E-state index in [9.17, 15) is 4.79 Å². The van der Waals surface area contributed by atoms with Crippen molar-refractivity contribution in [1.29, 1.82) is 0 Å². The predicted octanol–water partition coefficient (Wildman–Crippen LogP) is 0.816. The Bertz CT molecular complexity index is 463. The lowest BCUT2D eigenvalue weighted by Gasteiger charge is -2.28. The number of hydrogen-bond acceptors (Lipinski definition) is 4. The van der Waals surface area contributed by atoms with Crippen LogP contribution in [0.5, 0.6) is 0 Å². The molecule has 0 spiro atoms. The van der Waals surface area contributed by atoms with Gasteiger partial charge in [0.05, 0.1) is 0 Å². The molecule has 1 saturated heterocycles. The highest BCUT2D eigenvalue weighted by Gasteiger charge is 2.19. The zero-order valence-electron chi connectivity index (χ0n) is 12.3. The van der Waals surface area contributed by atoms with Crippen LogP contribution < -0.4 is 11.3 Å². The summed E-state index contributed by atoms with van der Waals surface area (Å²) in [5, 5.41) is 0. The molecule has 3 N–H and O–H groups in total. The number of likely N-dealkylation sites (N-methyl/N-ethyl adjacent to an activating group) is 1. The van der Waals surface area contributed by atoms with Crippen LogP contribution in [0.2, 0.25) is 0 Å². The summed E-state index contributed by atoms with van der Waals surface area (Å²) in [7, 11) is 2.17. The van der Waals surface area contributed by atoms with Gasteiger partial charge in [-0.15, -0.1) is 0 Å². The second-order valence-corrected chi connectivity index (χ2v) is 5.61. The molecule has 1 aromatic carbocycles. The molecule has 1 unspecified atom stereocenters. The monoisotopic (exact) mass is 276 g/mol. The molecule has 0 bridgehead atoms. The molecule has 5 heteroatoms. The first-order chi connectivity index (χ1) is 9.60. The molecule has 1 heterocycles. The van der Waals surface area contributed by atoms with Crippen molar-refractivity contribution in [3.63, 3.8) is 0 Å². The van der Waals surface area contributed by atoms with Crippen LogP contribution in [0, 0.1) is 0 Å². The lowest BCUT2D eigenvalue weighted by atomic mass is 10.1. The molecule has 1 aromatic rings. The Morgan fingerprint density at radius 2 is 2.25 bits per heavy atom. The summed E-state index contributed by atoms with van der Waals surface area (Å²) in [6, 6.07) is 8.20. The second kappa shape index (κ2) is 6.83. The van der Waals surface area contributed by atoms with Gasteiger partial charge in [0.25, 0.3) is 5.91 Å². The summed E-state index contributed by atoms with van der Waals surface area (Å²) >= 11 is 0. The number of hydrazine groups is 1. The molecule has 2 rings (SSSR count). The summed E-state index contributed by atoms with van der Waals surface area (Å²) in [5.74, 6) is 4.94. The number of nitrogens with zero attached hydrogens (tertiary/aromatic N) is 2. The molecule has 110 valence electrons. The number of benzene rings is 1. The summed E-state index contributed by atoms with van der Waals surface area (Å²) in [6.45, 7) is 6.47. The minimum Gasteiger partial charge on any atom is -0.305 e. The Labute approximate surface area is 120 Å². The largest absolute Gasteiger partial charge is 0.305 e. The van der Waals surface area contributed by atoms with Crippen LogP contribution in [0.4, 0.5) is 0 Å². The van der Waals surface area contributed by atoms with Gasteiger partial charge in [0.1, 0.15) is 0 Å². The first-order valence-corrected chi connectivity index (χ1v) is 7.12. The van der Waals surface area contributed by atoms with Crippen LogP contribution in [0.25, 0.3) is 0 Å². The van der Waals surface area contributed by atoms with Crippen LogP contribution in [0.15, 0.2) is 24.3 Å². The maximum Gasteiger partial charge on any atom is 0.265 e. The van der Waals surface area contributed by atoms with Crippen molar-refractivity contribution in [2.45, 2.75) is 25.9 Å². The van der Waals surface area contributed by atoms with Crippen molar-refractivity contribution in [2.75, 3.05) is 26.7 Å². The Kier molecular flexibility index (Phi) is 5.11. The van der Waals surface area contributed by atoms with E-state index in [1.165, 1.54) is 6.42 Å². The predicted molar refractivity (Wildman–Crippen MR) is 80.1 cm³/mol. The second-order valence-electron chi connectivity index (χ2n) is 5.61. The van der Waals surface area contributed by atoms with Gasteiger partial charge in [-0.05, 0) is 44.6 Å². The molecule has 5 nitrogen and oxygen atoms in total. The molecular formula is C15H24N4O. The maximum atomic E-state index is 11.6. The summed E-state index contributed by atoms with van der Waals surface area (Å²) in [4.78, 5) is 16.4. The third-order valence-electron chi connectivity index (χ3n) is 3.89. The molecule has 0 aromatic heterocycles. The molecule has 0 aliphatic carbocycles. The van der Waals surface area contributed by atoms with E-state index in [2.05, 4.69) is 35.3 Å². The van der Waals surface area contributed by atoms with Crippen LogP contribution in [-0.4, -0.2) is 48.4 Å². The molecule has 1 atom stereocenters. The Balaban J connectivity index is 2.07. The number of amides is 1. The zero-order valence-corrected chi connectivity index (χ0v) is 12.3. The molecule has 1 fully saturated rings. The standard InChI is InChI=1S/C15H24N4O/c1-12-10-18(2)7-4-8-19(12)11-13-5-3-6-14(9-13)15(20)17-16/h3,5-6,9,12H,4,7-8,10-11,16H2,1-2H3,(H,17,20). The lowest BCUT2D eigenvalue weighted by Crippen LogP contribution is -2.37. The molecule has 20 heavy (non-hydrogen) atoms. The number of nitrogens with one attached hydrogen (secondary N) is 1. The van der Waals surface area contributed by atoms with E-state index in [4.69, 9.17) is 5.84 Å². The quantitative estimate of drug-likeness (QED) is 0.487. The van der Waals surface area contributed by atoms with Crippen LogP contribution in [0.3, 0.4) is 0 Å². The van der Waals surface area contributed by atoms with E-state index in [0.717, 1.165) is 31.7 Å². The fourth-order valence-electron chi connectivity index (χ4n) is 2.79. The fourth-order valence-corrected chi connectivity index (χ4v) is 2.79. The van der Waals surface area contributed by atoms with Gasteiger partial charge in [-0.2, -0.15) is 0 Å². The molecular weight excluding hydrogens is 252 g/mol. The summed E-state index contributed by atoms with van der Waals surface area (Å²) in [6.07, 6.45) is 1.18. The Hall–Kier alpha value is -1.43. The molecule has 0 radical (unpaired) electrons. The average Bonchev–Trinajstić information content (AvgIpc) is 2.60. The van der Waals surface area contributed by atoms with Gasteiger partial charge in [0, 0.05) is 31.2 Å². The number of rotatable bonds is 3. The van der Waals surface area contributed by atoms with E-state index in [1.807, 2.05) is 12.1 Å². The van der Waals surface area contributed by atoms with Gasteiger partial charge in [0.2, 0.25) is 0 Å². The molecule has 1 amide bonds. The normalized spacial score (nSPS) is 21.4. The highest BCUT2D eigenvalue weighted by Crippen LogP contribution is 2.14. The zero-order chi connectivity index (χ0) is 14.5. The lowest BCUT2D eigenvalue weighted by molar-refractivity contribution is 0.0953. The highest BCUT2D eigenvalue weighted by molar-refractivity contribution is 5.93. The van der Waals surface area contributed by atoms with E-state index in [1.54, 1.807) is 6.07 Å². The first-order valence-electron chi connectivity index (χ1n) is 7.12. The van der Waals surface area contributed by atoms with E-state index in [-0.39, 0.29) is 5.91 Å². The van der Waals surface area contributed by atoms with Gasteiger partial charge in [-0.25, -0.2) is 5.84 Å². The number of hydrogen-bond donors (Lipinski definition) is 2. The minimum absolute atomic E-state index is 0.240. The van der Waals surface area contributed by atoms with Crippen molar-refractivity contribution >= 4 is 5.91 Å². The number of nitrogen functional groups attached to an aromatic ring is 1. The van der Waals surface area contributed by atoms with Crippen LogP contribution in [0.1, 0.15) is 29.3 Å². The van der Waals surface area contributed by atoms with Gasteiger partial charge in [-0.1, -0.05) is 12.1 Å². The van der Waals surface area contributed by atoms with Crippen molar-refractivity contribution in [2.24, 2.45) is 5.84 Å². The third-order valence-corrected chi connectivity index (χ3v) is 3.89. The molecule has 1 aliphatic heterocycles. The van der Waals surface area contributed by atoms with Crippen LogP contribution in [-0.2, 0) is 6.54 Å². The first kappa shape index (κ1) is 15.0. The minimum atomic E-state index is -0.240. The van der Waals surface area contributed by atoms with Crippen molar-refractivity contribution in [3.8, 4) is 0 Å². The number of nitrogens with two attached hydrogens (primary N) is 1.